The van der Waals surface area contributed by atoms with E-state index in [0.29, 0.717) is 0 Å². The molecule has 1 unspecified atom stereocenters. The van der Waals surface area contributed by atoms with Crippen molar-refractivity contribution in [2.24, 2.45) is 5.92 Å². The van der Waals surface area contributed by atoms with Crippen LogP contribution in [0.15, 0.2) is 0 Å². The van der Waals surface area contributed by atoms with E-state index >= 15 is 0 Å². The van der Waals surface area contributed by atoms with Gasteiger partial charge in [-0.1, -0.05) is 32.6 Å². The van der Waals surface area contributed by atoms with E-state index in [1.54, 1.807) is 0 Å². The van der Waals surface area contributed by atoms with Crippen molar-refractivity contribution in [1.29, 1.82) is 0 Å². The standard InChI is InChI=1S/C9H18O/c1-2-9(10)7-8-5-3-4-6-8/h8-10H,2-7H2,1H3. The molecule has 1 aliphatic rings. The Hall–Kier alpha value is -0.0400. The lowest BCUT2D eigenvalue weighted by Crippen LogP contribution is -2.09. The van der Waals surface area contributed by atoms with Crippen molar-refractivity contribution < 1.29 is 5.11 Å². The molecule has 1 fully saturated rings. The number of rotatable bonds is 3. The van der Waals surface area contributed by atoms with Crippen molar-refractivity contribution in [3.05, 3.63) is 0 Å². The maximum absolute atomic E-state index is 9.32. The van der Waals surface area contributed by atoms with Gasteiger partial charge in [-0.3, -0.25) is 0 Å². The van der Waals surface area contributed by atoms with Crippen LogP contribution in [0.5, 0.6) is 0 Å². The fourth-order valence-electron chi connectivity index (χ4n) is 1.80. The topological polar surface area (TPSA) is 20.2 Å². The molecule has 0 aromatic rings. The van der Waals surface area contributed by atoms with Crippen LogP contribution in [0.4, 0.5) is 0 Å². The minimum absolute atomic E-state index is 0.0249. The predicted molar refractivity (Wildman–Crippen MR) is 42.9 cm³/mol. The Morgan fingerprint density at radius 3 is 2.50 bits per heavy atom. The highest BCUT2D eigenvalue weighted by atomic mass is 16.3. The first kappa shape index (κ1) is 8.06. The lowest BCUT2D eigenvalue weighted by atomic mass is 9.99. The molecular weight excluding hydrogens is 124 g/mol. The average molecular weight is 142 g/mol. The van der Waals surface area contributed by atoms with E-state index in [0.717, 1.165) is 18.8 Å². The third-order valence-electron chi connectivity index (χ3n) is 2.55. The molecule has 1 heteroatoms. The quantitative estimate of drug-likeness (QED) is 0.641. The second-order valence-corrected chi connectivity index (χ2v) is 3.45. The molecule has 10 heavy (non-hydrogen) atoms. The van der Waals surface area contributed by atoms with Gasteiger partial charge in [0.05, 0.1) is 6.10 Å². The van der Waals surface area contributed by atoms with Gasteiger partial charge in [-0.25, -0.2) is 0 Å². The van der Waals surface area contributed by atoms with Gasteiger partial charge in [0.25, 0.3) is 0 Å². The molecule has 60 valence electrons. The van der Waals surface area contributed by atoms with Gasteiger partial charge in [-0.2, -0.15) is 0 Å². The minimum atomic E-state index is -0.0249. The van der Waals surface area contributed by atoms with Gasteiger partial charge in [0.2, 0.25) is 0 Å². The van der Waals surface area contributed by atoms with E-state index in [-0.39, 0.29) is 6.10 Å². The molecule has 1 saturated carbocycles. The average Bonchev–Trinajstić information content (AvgIpc) is 2.40. The second kappa shape index (κ2) is 3.97. The Kier molecular flexibility index (Phi) is 3.20. The molecule has 0 heterocycles. The molecule has 0 saturated heterocycles. The van der Waals surface area contributed by atoms with Crippen LogP contribution in [0.3, 0.4) is 0 Å². The summed E-state index contributed by atoms with van der Waals surface area (Å²) >= 11 is 0. The Labute approximate surface area is 63.4 Å². The van der Waals surface area contributed by atoms with E-state index in [4.69, 9.17) is 0 Å². The lowest BCUT2D eigenvalue weighted by Gasteiger charge is -2.12. The fourth-order valence-corrected chi connectivity index (χ4v) is 1.80. The maximum atomic E-state index is 9.32. The van der Waals surface area contributed by atoms with E-state index in [9.17, 15) is 5.11 Å². The van der Waals surface area contributed by atoms with Crippen LogP contribution in [-0.4, -0.2) is 11.2 Å². The summed E-state index contributed by atoms with van der Waals surface area (Å²) in [6, 6.07) is 0. The van der Waals surface area contributed by atoms with E-state index in [1.165, 1.54) is 25.7 Å². The van der Waals surface area contributed by atoms with Gasteiger partial charge in [-0.15, -0.1) is 0 Å². The zero-order valence-corrected chi connectivity index (χ0v) is 6.84. The first-order valence-electron chi connectivity index (χ1n) is 4.51. The SMILES string of the molecule is CCC(O)CC1CCCC1. The molecule has 1 atom stereocenters. The van der Waals surface area contributed by atoms with Crippen molar-refractivity contribution in [2.45, 2.75) is 51.6 Å². The number of aliphatic hydroxyl groups excluding tert-OH is 1. The van der Waals surface area contributed by atoms with Crippen LogP contribution in [-0.2, 0) is 0 Å². The van der Waals surface area contributed by atoms with Crippen LogP contribution in [0.2, 0.25) is 0 Å². The van der Waals surface area contributed by atoms with Crippen LogP contribution in [0.25, 0.3) is 0 Å². The normalized spacial score (nSPS) is 23.4. The Morgan fingerprint density at radius 2 is 2.00 bits per heavy atom. The van der Waals surface area contributed by atoms with Crippen molar-refractivity contribution in [1.82, 2.24) is 0 Å². The molecule has 1 aliphatic carbocycles. The Bertz CT molecular complexity index is 84.7. The lowest BCUT2D eigenvalue weighted by molar-refractivity contribution is 0.139. The number of hydrogen-bond acceptors (Lipinski definition) is 1. The summed E-state index contributed by atoms with van der Waals surface area (Å²) in [6.45, 7) is 2.06. The van der Waals surface area contributed by atoms with Gasteiger partial charge >= 0.3 is 0 Å². The van der Waals surface area contributed by atoms with Gasteiger partial charge in [0.15, 0.2) is 0 Å². The summed E-state index contributed by atoms with van der Waals surface area (Å²) in [5, 5.41) is 9.32. The van der Waals surface area contributed by atoms with Gasteiger partial charge < -0.3 is 5.11 Å². The van der Waals surface area contributed by atoms with Crippen LogP contribution in [0.1, 0.15) is 45.4 Å². The highest BCUT2D eigenvalue weighted by molar-refractivity contribution is 4.70. The van der Waals surface area contributed by atoms with Crippen LogP contribution >= 0.6 is 0 Å². The summed E-state index contributed by atoms with van der Waals surface area (Å²) in [7, 11) is 0. The molecule has 1 N–H and O–H groups in total. The summed E-state index contributed by atoms with van der Waals surface area (Å²) in [4.78, 5) is 0. The monoisotopic (exact) mass is 142 g/mol. The predicted octanol–water partition coefficient (Wildman–Crippen LogP) is 2.34. The zero-order chi connectivity index (χ0) is 7.40. The second-order valence-electron chi connectivity index (χ2n) is 3.45. The molecule has 1 nitrogen and oxygen atoms in total. The van der Waals surface area contributed by atoms with E-state index in [1.807, 2.05) is 0 Å². The highest BCUT2D eigenvalue weighted by Crippen LogP contribution is 2.28. The molecule has 0 aliphatic heterocycles. The minimum Gasteiger partial charge on any atom is -0.393 e. The first-order valence-corrected chi connectivity index (χ1v) is 4.51. The van der Waals surface area contributed by atoms with Crippen molar-refractivity contribution in [3.63, 3.8) is 0 Å². The third-order valence-corrected chi connectivity index (χ3v) is 2.55. The number of hydrogen-bond donors (Lipinski definition) is 1. The molecule has 0 amide bonds. The maximum Gasteiger partial charge on any atom is 0.0540 e. The molecular formula is C9H18O. The summed E-state index contributed by atoms with van der Waals surface area (Å²) in [5.74, 6) is 0.843. The summed E-state index contributed by atoms with van der Waals surface area (Å²) in [5.41, 5.74) is 0. The largest absolute Gasteiger partial charge is 0.393 e. The highest BCUT2D eigenvalue weighted by Gasteiger charge is 2.17. The summed E-state index contributed by atoms with van der Waals surface area (Å²) in [6.07, 6.45) is 7.45. The van der Waals surface area contributed by atoms with Gasteiger partial charge in [0.1, 0.15) is 0 Å². The molecule has 0 spiro atoms. The third kappa shape index (κ3) is 2.30. The van der Waals surface area contributed by atoms with Gasteiger partial charge in [0, 0.05) is 0 Å². The molecule has 0 bridgehead atoms. The fraction of sp³-hybridized carbons (Fsp3) is 1.00. The van der Waals surface area contributed by atoms with Crippen molar-refractivity contribution in [3.8, 4) is 0 Å². The molecule has 0 aromatic heterocycles. The van der Waals surface area contributed by atoms with Crippen LogP contribution in [0, 0.1) is 5.92 Å². The Morgan fingerprint density at radius 1 is 1.40 bits per heavy atom. The van der Waals surface area contributed by atoms with Crippen LogP contribution < -0.4 is 0 Å². The molecule has 0 aromatic carbocycles. The van der Waals surface area contributed by atoms with E-state index in [2.05, 4.69) is 6.92 Å². The van der Waals surface area contributed by atoms with Crippen molar-refractivity contribution in [2.75, 3.05) is 0 Å². The van der Waals surface area contributed by atoms with Crippen molar-refractivity contribution >= 4 is 0 Å². The van der Waals surface area contributed by atoms with Gasteiger partial charge in [-0.05, 0) is 18.8 Å². The molecule has 1 rings (SSSR count). The Balaban J connectivity index is 2.11. The smallest absolute Gasteiger partial charge is 0.0540 e. The first-order chi connectivity index (χ1) is 4.83. The van der Waals surface area contributed by atoms with E-state index < -0.39 is 0 Å². The number of aliphatic hydroxyl groups is 1. The zero-order valence-electron chi connectivity index (χ0n) is 6.84. The summed E-state index contributed by atoms with van der Waals surface area (Å²) < 4.78 is 0. The molecule has 0 radical (unpaired) electrons.